The molecule has 0 aromatic heterocycles. The van der Waals surface area contributed by atoms with Crippen molar-refractivity contribution < 1.29 is 14.3 Å². The number of carbonyl (C=O) groups excluding carboxylic acids is 1. The highest BCUT2D eigenvalue weighted by Gasteiger charge is 2.35. The molecule has 17 heavy (non-hydrogen) atoms. The van der Waals surface area contributed by atoms with Gasteiger partial charge in [0.1, 0.15) is 5.60 Å². The highest BCUT2D eigenvalue weighted by Crippen LogP contribution is 2.20. The molecular weight excluding hydrogens is 220 g/mol. The lowest BCUT2D eigenvalue weighted by Crippen LogP contribution is -2.48. The van der Waals surface area contributed by atoms with E-state index < -0.39 is 5.60 Å². The molecule has 5 heteroatoms. The first-order chi connectivity index (χ1) is 7.74. The summed E-state index contributed by atoms with van der Waals surface area (Å²) in [6.45, 7) is 8.99. The Morgan fingerprint density at radius 2 is 2.18 bits per heavy atom. The van der Waals surface area contributed by atoms with Crippen molar-refractivity contribution in [2.45, 2.75) is 51.4 Å². The quantitative estimate of drug-likeness (QED) is 0.785. The minimum absolute atomic E-state index is 0.114. The van der Waals surface area contributed by atoms with Crippen molar-refractivity contribution in [3.8, 4) is 0 Å². The van der Waals surface area contributed by atoms with Gasteiger partial charge in [0, 0.05) is 25.7 Å². The topological polar surface area (TPSA) is 59.6 Å². The van der Waals surface area contributed by atoms with Gasteiger partial charge in [0.25, 0.3) is 0 Å². The standard InChI is InChI=1S/C12H24N2O3/c1-11(2,3)17-10(15)13-8-12(4)6-9(16-5)7-14-12/h9,14H,6-8H2,1-5H3,(H,13,15)/t9-,12-/m1/s1. The fraction of sp³-hybridized carbons (Fsp3) is 0.917. The zero-order chi connectivity index (χ0) is 13.1. The van der Waals surface area contributed by atoms with Crippen molar-refractivity contribution in [1.82, 2.24) is 10.6 Å². The van der Waals surface area contributed by atoms with Crippen LogP contribution in [0.5, 0.6) is 0 Å². The van der Waals surface area contributed by atoms with E-state index in [2.05, 4.69) is 17.6 Å². The molecule has 1 aliphatic heterocycles. The minimum Gasteiger partial charge on any atom is -0.444 e. The number of methoxy groups -OCH3 is 1. The highest BCUT2D eigenvalue weighted by atomic mass is 16.6. The molecule has 0 aliphatic carbocycles. The summed E-state index contributed by atoms with van der Waals surface area (Å²) < 4.78 is 10.5. The largest absolute Gasteiger partial charge is 0.444 e. The first kappa shape index (κ1) is 14.3. The van der Waals surface area contributed by atoms with Gasteiger partial charge >= 0.3 is 6.09 Å². The molecule has 0 unspecified atom stereocenters. The normalized spacial score (nSPS) is 29.1. The average Bonchev–Trinajstić information content (AvgIpc) is 2.56. The predicted octanol–water partition coefficient (Wildman–Crippen LogP) is 1.28. The van der Waals surface area contributed by atoms with Crippen molar-refractivity contribution in [3.05, 3.63) is 0 Å². The van der Waals surface area contributed by atoms with Crippen LogP contribution in [0.2, 0.25) is 0 Å². The zero-order valence-corrected chi connectivity index (χ0v) is 11.4. The molecular formula is C12H24N2O3. The Labute approximate surface area is 103 Å². The third-order valence-electron chi connectivity index (χ3n) is 2.79. The van der Waals surface area contributed by atoms with Crippen LogP contribution < -0.4 is 10.6 Å². The van der Waals surface area contributed by atoms with Crippen LogP contribution in [0.25, 0.3) is 0 Å². The molecule has 0 spiro atoms. The number of hydrogen-bond donors (Lipinski definition) is 2. The fourth-order valence-corrected chi connectivity index (χ4v) is 1.89. The van der Waals surface area contributed by atoms with Crippen LogP contribution in [0.1, 0.15) is 34.1 Å². The number of carbonyl (C=O) groups is 1. The molecule has 5 nitrogen and oxygen atoms in total. The number of amides is 1. The lowest BCUT2D eigenvalue weighted by atomic mass is 9.99. The van der Waals surface area contributed by atoms with E-state index in [0.29, 0.717) is 6.54 Å². The summed E-state index contributed by atoms with van der Waals surface area (Å²) in [5.74, 6) is 0. The van der Waals surface area contributed by atoms with Crippen LogP contribution in [0.4, 0.5) is 4.79 Å². The average molecular weight is 244 g/mol. The second kappa shape index (κ2) is 5.23. The lowest BCUT2D eigenvalue weighted by Gasteiger charge is -2.26. The highest BCUT2D eigenvalue weighted by molar-refractivity contribution is 5.67. The van der Waals surface area contributed by atoms with E-state index >= 15 is 0 Å². The SMILES string of the molecule is CO[C@H]1CN[C@@](C)(CNC(=O)OC(C)(C)C)C1. The summed E-state index contributed by atoms with van der Waals surface area (Å²) in [6, 6.07) is 0. The van der Waals surface area contributed by atoms with Gasteiger partial charge in [-0.25, -0.2) is 4.79 Å². The van der Waals surface area contributed by atoms with Crippen molar-refractivity contribution in [2.75, 3.05) is 20.2 Å². The predicted molar refractivity (Wildman–Crippen MR) is 66.1 cm³/mol. The summed E-state index contributed by atoms with van der Waals surface area (Å²) in [6.07, 6.45) is 0.737. The lowest BCUT2D eigenvalue weighted by molar-refractivity contribution is 0.0510. The van der Waals surface area contributed by atoms with Gasteiger partial charge in [-0.05, 0) is 34.1 Å². The molecule has 1 amide bonds. The molecule has 1 rings (SSSR count). The molecule has 1 fully saturated rings. The van der Waals surface area contributed by atoms with E-state index in [-0.39, 0.29) is 17.7 Å². The van der Waals surface area contributed by atoms with Crippen LogP contribution in [0.3, 0.4) is 0 Å². The molecule has 0 aromatic rings. The van der Waals surface area contributed by atoms with Crippen molar-refractivity contribution >= 4 is 6.09 Å². The third kappa shape index (κ3) is 4.91. The molecule has 1 aliphatic rings. The van der Waals surface area contributed by atoms with E-state index in [0.717, 1.165) is 13.0 Å². The Morgan fingerprint density at radius 3 is 2.65 bits per heavy atom. The number of alkyl carbamates (subject to hydrolysis) is 1. The van der Waals surface area contributed by atoms with Crippen LogP contribution >= 0.6 is 0 Å². The van der Waals surface area contributed by atoms with Crippen LogP contribution in [0.15, 0.2) is 0 Å². The maximum atomic E-state index is 11.5. The smallest absolute Gasteiger partial charge is 0.407 e. The van der Waals surface area contributed by atoms with Gasteiger partial charge < -0.3 is 20.1 Å². The number of rotatable bonds is 3. The first-order valence-electron chi connectivity index (χ1n) is 5.99. The molecule has 1 saturated heterocycles. The molecule has 0 bridgehead atoms. The van der Waals surface area contributed by atoms with E-state index in [4.69, 9.17) is 9.47 Å². The molecule has 1 heterocycles. The maximum Gasteiger partial charge on any atom is 0.407 e. The second-order valence-electron chi connectivity index (χ2n) is 5.86. The van der Waals surface area contributed by atoms with Gasteiger partial charge in [-0.1, -0.05) is 0 Å². The summed E-state index contributed by atoms with van der Waals surface area (Å²) in [4.78, 5) is 11.5. The van der Waals surface area contributed by atoms with Gasteiger partial charge in [0.05, 0.1) is 6.10 Å². The number of hydrogen-bond acceptors (Lipinski definition) is 4. The van der Waals surface area contributed by atoms with Crippen LogP contribution in [-0.2, 0) is 9.47 Å². The first-order valence-corrected chi connectivity index (χ1v) is 5.99. The summed E-state index contributed by atoms with van der Waals surface area (Å²) >= 11 is 0. The van der Waals surface area contributed by atoms with Crippen LogP contribution in [-0.4, -0.2) is 43.5 Å². The Hall–Kier alpha value is -0.810. The van der Waals surface area contributed by atoms with E-state index in [1.165, 1.54) is 0 Å². The number of nitrogens with one attached hydrogen (secondary N) is 2. The van der Waals surface area contributed by atoms with Crippen molar-refractivity contribution in [1.29, 1.82) is 0 Å². The Balaban J connectivity index is 2.33. The molecule has 0 radical (unpaired) electrons. The molecule has 0 saturated carbocycles. The van der Waals surface area contributed by atoms with Gasteiger partial charge in [-0.3, -0.25) is 0 Å². The van der Waals surface area contributed by atoms with Crippen molar-refractivity contribution in [2.24, 2.45) is 0 Å². The molecule has 100 valence electrons. The number of ether oxygens (including phenoxy) is 2. The van der Waals surface area contributed by atoms with Gasteiger partial charge in [0.2, 0.25) is 0 Å². The van der Waals surface area contributed by atoms with E-state index in [1.54, 1.807) is 7.11 Å². The monoisotopic (exact) mass is 244 g/mol. The molecule has 0 aromatic carbocycles. The van der Waals surface area contributed by atoms with Crippen LogP contribution in [0, 0.1) is 0 Å². The summed E-state index contributed by atoms with van der Waals surface area (Å²) in [7, 11) is 1.71. The van der Waals surface area contributed by atoms with Gasteiger partial charge in [-0.15, -0.1) is 0 Å². The van der Waals surface area contributed by atoms with Gasteiger partial charge in [0.15, 0.2) is 0 Å². The van der Waals surface area contributed by atoms with E-state index in [9.17, 15) is 4.79 Å². The Bertz CT molecular complexity index is 275. The summed E-state index contributed by atoms with van der Waals surface area (Å²) in [5, 5.41) is 6.14. The molecule has 2 N–H and O–H groups in total. The zero-order valence-electron chi connectivity index (χ0n) is 11.4. The fourth-order valence-electron chi connectivity index (χ4n) is 1.89. The summed E-state index contributed by atoms with van der Waals surface area (Å²) in [5.41, 5.74) is -0.569. The maximum absolute atomic E-state index is 11.5. The molecule has 2 atom stereocenters. The minimum atomic E-state index is -0.455. The Kier molecular flexibility index (Phi) is 4.38. The van der Waals surface area contributed by atoms with Gasteiger partial charge in [-0.2, -0.15) is 0 Å². The van der Waals surface area contributed by atoms with E-state index in [1.807, 2.05) is 20.8 Å². The third-order valence-corrected chi connectivity index (χ3v) is 2.79. The van der Waals surface area contributed by atoms with Crippen molar-refractivity contribution in [3.63, 3.8) is 0 Å². The Morgan fingerprint density at radius 1 is 1.53 bits per heavy atom. The second-order valence-corrected chi connectivity index (χ2v) is 5.86.